The molecule has 0 aliphatic heterocycles. The van der Waals surface area contributed by atoms with Gasteiger partial charge in [0.1, 0.15) is 0 Å². The summed E-state index contributed by atoms with van der Waals surface area (Å²) in [4.78, 5) is 4.04. The summed E-state index contributed by atoms with van der Waals surface area (Å²) in [6, 6.07) is 8.02. The lowest BCUT2D eigenvalue weighted by atomic mass is 9.94. The monoisotopic (exact) mass is 349 g/mol. The van der Waals surface area contributed by atoms with Crippen LogP contribution in [0.3, 0.4) is 0 Å². The van der Waals surface area contributed by atoms with Crippen LogP contribution in [0.25, 0.3) is 0 Å². The summed E-state index contributed by atoms with van der Waals surface area (Å²) in [6.07, 6.45) is 6.73. The summed E-state index contributed by atoms with van der Waals surface area (Å²) in [5.41, 5.74) is 1.21. The van der Waals surface area contributed by atoms with Gasteiger partial charge in [-0.2, -0.15) is 0 Å². The SMILES string of the molecule is CC(C)(NCCCn1ccnc1)c1ccc(Cl)cc1.Cl.Cl. The van der Waals surface area contributed by atoms with Crippen LogP contribution in [0.1, 0.15) is 25.8 Å². The topological polar surface area (TPSA) is 29.9 Å². The van der Waals surface area contributed by atoms with Gasteiger partial charge in [0.05, 0.1) is 6.33 Å². The van der Waals surface area contributed by atoms with Crippen molar-refractivity contribution in [2.24, 2.45) is 0 Å². The second-order valence-electron chi connectivity index (χ2n) is 5.21. The van der Waals surface area contributed by atoms with Gasteiger partial charge in [-0.05, 0) is 44.5 Å². The molecular weight excluding hydrogens is 329 g/mol. The smallest absolute Gasteiger partial charge is 0.0945 e. The zero-order valence-electron chi connectivity index (χ0n) is 12.3. The number of aryl methyl sites for hydroxylation is 1. The van der Waals surface area contributed by atoms with Crippen molar-refractivity contribution in [2.75, 3.05) is 6.54 Å². The van der Waals surface area contributed by atoms with E-state index in [1.165, 1.54) is 5.56 Å². The highest BCUT2D eigenvalue weighted by molar-refractivity contribution is 6.30. The molecule has 0 radical (unpaired) electrons. The molecule has 1 N–H and O–H groups in total. The molecule has 0 saturated heterocycles. The molecule has 2 rings (SSSR count). The van der Waals surface area contributed by atoms with Crippen LogP contribution < -0.4 is 5.32 Å². The van der Waals surface area contributed by atoms with E-state index in [2.05, 4.69) is 40.8 Å². The Labute approximate surface area is 143 Å². The average molecular weight is 351 g/mol. The van der Waals surface area contributed by atoms with E-state index in [-0.39, 0.29) is 30.4 Å². The molecule has 1 aromatic heterocycles. The van der Waals surface area contributed by atoms with Crippen LogP contribution in [0.5, 0.6) is 0 Å². The number of nitrogens with zero attached hydrogens (tertiary/aromatic N) is 2. The van der Waals surface area contributed by atoms with Gasteiger partial charge < -0.3 is 9.88 Å². The summed E-state index contributed by atoms with van der Waals surface area (Å²) < 4.78 is 2.09. The molecule has 0 aliphatic rings. The van der Waals surface area contributed by atoms with E-state index in [4.69, 9.17) is 11.6 Å². The number of aromatic nitrogens is 2. The number of benzene rings is 1. The number of hydrogen-bond donors (Lipinski definition) is 1. The van der Waals surface area contributed by atoms with E-state index in [1.54, 1.807) is 0 Å². The van der Waals surface area contributed by atoms with E-state index >= 15 is 0 Å². The zero-order valence-corrected chi connectivity index (χ0v) is 14.6. The third kappa shape index (κ3) is 6.27. The normalized spacial score (nSPS) is 10.6. The zero-order chi connectivity index (χ0) is 13.7. The van der Waals surface area contributed by atoms with Gasteiger partial charge in [-0.25, -0.2) is 4.98 Å². The number of rotatable bonds is 6. The second-order valence-corrected chi connectivity index (χ2v) is 5.65. The van der Waals surface area contributed by atoms with Gasteiger partial charge >= 0.3 is 0 Å². The molecule has 0 atom stereocenters. The first-order chi connectivity index (χ1) is 9.08. The Morgan fingerprint density at radius 2 is 1.86 bits per heavy atom. The number of halogens is 3. The van der Waals surface area contributed by atoms with Crippen LogP contribution in [0.4, 0.5) is 0 Å². The fourth-order valence-electron chi connectivity index (χ4n) is 2.05. The summed E-state index contributed by atoms with van der Waals surface area (Å²) >= 11 is 5.92. The Bertz CT molecular complexity index is 495. The maximum Gasteiger partial charge on any atom is 0.0945 e. The predicted molar refractivity (Wildman–Crippen MR) is 93.8 cm³/mol. The first-order valence-corrected chi connectivity index (χ1v) is 6.92. The predicted octanol–water partition coefficient (Wildman–Crippen LogP) is 4.30. The first kappa shape index (κ1) is 20.3. The standard InChI is InChI=1S/C15H20ClN3.2ClH/c1-15(2,13-4-6-14(16)7-5-13)18-8-3-10-19-11-9-17-12-19;;/h4-7,9,11-12,18H,3,8,10H2,1-2H3;2*1H. The van der Waals surface area contributed by atoms with Gasteiger partial charge in [0.2, 0.25) is 0 Å². The van der Waals surface area contributed by atoms with Crippen LogP contribution >= 0.6 is 36.4 Å². The maximum absolute atomic E-state index is 5.92. The van der Waals surface area contributed by atoms with E-state index in [0.29, 0.717) is 0 Å². The second kappa shape index (κ2) is 9.31. The van der Waals surface area contributed by atoms with Crippen molar-refractivity contribution in [2.45, 2.75) is 32.4 Å². The molecule has 21 heavy (non-hydrogen) atoms. The Hall–Kier alpha value is -0.740. The Morgan fingerprint density at radius 3 is 2.43 bits per heavy atom. The maximum atomic E-state index is 5.92. The van der Waals surface area contributed by atoms with Gasteiger partial charge in [-0.1, -0.05) is 23.7 Å². The third-order valence-electron chi connectivity index (χ3n) is 3.29. The summed E-state index contributed by atoms with van der Waals surface area (Å²) in [5.74, 6) is 0. The third-order valence-corrected chi connectivity index (χ3v) is 3.54. The van der Waals surface area contributed by atoms with Crippen LogP contribution in [-0.2, 0) is 12.1 Å². The highest BCUT2D eigenvalue weighted by Gasteiger charge is 2.18. The summed E-state index contributed by atoms with van der Waals surface area (Å²) in [6.45, 7) is 6.33. The van der Waals surface area contributed by atoms with Gasteiger partial charge in [0, 0.05) is 29.5 Å². The van der Waals surface area contributed by atoms with E-state index in [9.17, 15) is 0 Å². The Kier molecular flexibility index (Phi) is 8.98. The van der Waals surface area contributed by atoms with Gasteiger partial charge in [0.25, 0.3) is 0 Å². The summed E-state index contributed by atoms with van der Waals surface area (Å²) in [5, 5.41) is 4.36. The van der Waals surface area contributed by atoms with Crippen molar-refractivity contribution < 1.29 is 0 Å². The van der Waals surface area contributed by atoms with Crippen molar-refractivity contribution in [1.29, 1.82) is 0 Å². The molecule has 118 valence electrons. The lowest BCUT2D eigenvalue weighted by Gasteiger charge is -2.27. The molecule has 3 nitrogen and oxygen atoms in total. The van der Waals surface area contributed by atoms with E-state index < -0.39 is 0 Å². The van der Waals surface area contributed by atoms with Gasteiger partial charge in [-0.3, -0.25) is 0 Å². The molecule has 0 fully saturated rings. The molecule has 0 saturated carbocycles. The molecule has 0 amide bonds. The van der Waals surface area contributed by atoms with Crippen molar-refractivity contribution in [3.8, 4) is 0 Å². The molecule has 0 bridgehead atoms. The number of imidazole rings is 1. The molecule has 0 unspecified atom stereocenters. The van der Waals surface area contributed by atoms with Gasteiger partial charge in [-0.15, -0.1) is 24.8 Å². The highest BCUT2D eigenvalue weighted by Crippen LogP contribution is 2.21. The lowest BCUT2D eigenvalue weighted by molar-refractivity contribution is 0.393. The largest absolute Gasteiger partial charge is 0.337 e. The molecule has 6 heteroatoms. The molecular formula is C15H22Cl3N3. The highest BCUT2D eigenvalue weighted by atomic mass is 35.5. The number of nitrogens with one attached hydrogen (secondary N) is 1. The molecule has 2 aromatic rings. The van der Waals surface area contributed by atoms with Crippen LogP contribution in [0.2, 0.25) is 5.02 Å². The van der Waals surface area contributed by atoms with Crippen LogP contribution in [-0.4, -0.2) is 16.1 Å². The minimum Gasteiger partial charge on any atom is -0.337 e. The number of hydrogen-bond acceptors (Lipinski definition) is 2. The minimum atomic E-state index is -0.0421. The fourth-order valence-corrected chi connectivity index (χ4v) is 2.18. The van der Waals surface area contributed by atoms with Crippen molar-refractivity contribution in [3.05, 3.63) is 53.6 Å². The van der Waals surface area contributed by atoms with E-state index in [0.717, 1.165) is 24.5 Å². The molecule has 0 spiro atoms. The molecule has 1 aromatic carbocycles. The lowest BCUT2D eigenvalue weighted by Crippen LogP contribution is -2.37. The van der Waals surface area contributed by atoms with Crippen molar-refractivity contribution in [1.82, 2.24) is 14.9 Å². The fraction of sp³-hybridized carbons (Fsp3) is 0.400. The quantitative estimate of drug-likeness (QED) is 0.787. The molecule has 0 aliphatic carbocycles. The Morgan fingerprint density at radius 1 is 1.19 bits per heavy atom. The van der Waals surface area contributed by atoms with Gasteiger partial charge in [0.15, 0.2) is 0 Å². The average Bonchev–Trinajstić information content (AvgIpc) is 2.88. The van der Waals surface area contributed by atoms with Crippen molar-refractivity contribution in [3.63, 3.8) is 0 Å². The van der Waals surface area contributed by atoms with Crippen LogP contribution in [0, 0.1) is 0 Å². The van der Waals surface area contributed by atoms with Crippen LogP contribution in [0.15, 0.2) is 43.0 Å². The molecule has 1 heterocycles. The van der Waals surface area contributed by atoms with Crippen molar-refractivity contribution >= 4 is 36.4 Å². The first-order valence-electron chi connectivity index (χ1n) is 6.55. The minimum absolute atomic E-state index is 0. The Balaban J connectivity index is 0.00000200. The van der Waals surface area contributed by atoms with E-state index in [1.807, 2.05) is 30.9 Å². The summed E-state index contributed by atoms with van der Waals surface area (Å²) in [7, 11) is 0.